The number of nitrogens with one attached hydrogen (secondary N) is 1. The van der Waals surface area contributed by atoms with Crippen molar-refractivity contribution in [2.24, 2.45) is 0 Å². The van der Waals surface area contributed by atoms with Crippen LogP contribution >= 0.6 is 11.6 Å². The summed E-state index contributed by atoms with van der Waals surface area (Å²) in [7, 11) is 3.13. The molecule has 40 heavy (non-hydrogen) atoms. The lowest BCUT2D eigenvalue weighted by molar-refractivity contribution is -0.134. The number of likely N-dealkylation sites (tertiary alicyclic amines) is 1. The van der Waals surface area contributed by atoms with E-state index in [2.05, 4.69) is 10.2 Å². The van der Waals surface area contributed by atoms with Crippen LogP contribution in [0.25, 0.3) is 0 Å². The SMILES string of the molecule is COc1cc(N)c(Cl)cc1C(=O)NC1CCN(CCCOc2ccc(F)cc2)CC1OC.O=C(O)/C=C\C(=O)O. The van der Waals surface area contributed by atoms with E-state index >= 15 is 0 Å². The molecule has 2 aromatic rings. The van der Waals surface area contributed by atoms with Gasteiger partial charge in [0.15, 0.2) is 0 Å². The van der Waals surface area contributed by atoms with Gasteiger partial charge in [-0.05, 0) is 43.2 Å². The van der Waals surface area contributed by atoms with E-state index in [0.717, 1.165) is 25.9 Å². The molecule has 2 atom stereocenters. The molecule has 1 saturated heterocycles. The summed E-state index contributed by atoms with van der Waals surface area (Å²) in [5.74, 6) is -2.05. The highest BCUT2D eigenvalue weighted by atomic mass is 35.5. The third kappa shape index (κ3) is 10.7. The first-order chi connectivity index (χ1) is 19.0. The van der Waals surface area contributed by atoms with Gasteiger partial charge in [-0.3, -0.25) is 4.79 Å². The number of methoxy groups -OCH3 is 2. The van der Waals surface area contributed by atoms with Gasteiger partial charge in [0.1, 0.15) is 17.3 Å². The van der Waals surface area contributed by atoms with Gasteiger partial charge in [0.2, 0.25) is 0 Å². The van der Waals surface area contributed by atoms with E-state index in [9.17, 15) is 18.8 Å². The quantitative estimate of drug-likeness (QED) is 0.176. The number of hydrogen-bond acceptors (Lipinski definition) is 8. The van der Waals surface area contributed by atoms with Crippen molar-refractivity contribution in [1.82, 2.24) is 10.2 Å². The second kappa shape index (κ2) is 16.3. The van der Waals surface area contributed by atoms with E-state index in [1.54, 1.807) is 25.3 Å². The van der Waals surface area contributed by atoms with Gasteiger partial charge in [-0.15, -0.1) is 0 Å². The summed E-state index contributed by atoms with van der Waals surface area (Å²) in [5.41, 5.74) is 6.49. The molecule has 0 aromatic heterocycles. The largest absolute Gasteiger partial charge is 0.496 e. The van der Waals surface area contributed by atoms with Crippen LogP contribution in [0.4, 0.5) is 10.1 Å². The van der Waals surface area contributed by atoms with Crippen molar-refractivity contribution in [1.29, 1.82) is 0 Å². The minimum absolute atomic E-state index is 0.139. The molecule has 0 spiro atoms. The number of piperidine rings is 1. The first-order valence-electron chi connectivity index (χ1n) is 12.2. The molecule has 1 heterocycles. The average molecular weight is 582 g/mol. The summed E-state index contributed by atoms with van der Waals surface area (Å²) in [6, 6.07) is 8.92. The predicted octanol–water partition coefficient (Wildman–Crippen LogP) is 3.07. The fourth-order valence-corrected chi connectivity index (χ4v) is 4.06. The lowest BCUT2D eigenvalue weighted by Gasteiger charge is -2.38. The molecule has 2 unspecified atom stereocenters. The number of nitrogen functional groups attached to an aromatic ring is 1. The number of carboxylic acids is 2. The standard InChI is InChI=1S/C23H29ClFN3O4.C4H4O4/c1-30-21-13-19(26)18(24)12-17(21)23(29)27-20-8-10-28(14-22(20)31-2)9-3-11-32-16-6-4-15(25)5-7-16;5-3(6)1-2-4(7)8/h4-7,12-13,20,22H,3,8-11,14,26H2,1-2H3,(H,27,29);1-2H,(H,5,6)(H,7,8)/b;2-1-. The monoisotopic (exact) mass is 581 g/mol. The Morgan fingerprint density at radius 2 is 1.80 bits per heavy atom. The van der Waals surface area contributed by atoms with Gasteiger partial charge >= 0.3 is 11.9 Å². The summed E-state index contributed by atoms with van der Waals surface area (Å²) in [6.07, 6.45) is 2.53. The maximum Gasteiger partial charge on any atom is 0.328 e. The van der Waals surface area contributed by atoms with Crippen LogP contribution in [0.2, 0.25) is 5.02 Å². The van der Waals surface area contributed by atoms with Crippen LogP contribution in [0.1, 0.15) is 23.2 Å². The Labute approximate surface area is 236 Å². The number of carbonyl (C=O) groups excluding carboxylic acids is 1. The Kier molecular flexibility index (Phi) is 13.2. The van der Waals surface area contributed by atoms with Gasteiger partial charge in [-0.1, -0.05) is 11.6 Å². The summed E-state index contributed by atoms with van der Waals surface area (Å²) in [6.45, 7) is 2.89. The number of aliphatic carboxylic acids is 2. The molecule has 218 valence electrons. The third-order valence-electron chi connectivity index (χ3n) is 5.90. The van der Waals surface area contributed by atoms with E-state index in [4.69, 9.17) is 41.8 Å². The Hall–Kier alpha value is -3.87. The number of amides is 1. The lowest BCUT2D eigenvalue weighted by Crippen LogP contribution is -2.55. The van der Waals surface area contributed by atoms with Crippen molar-refractivity contribution in [3.05, 3.63) is 65.0 Å². The van der Waals surface area contributed by atoms with Crippen LogP contribution in [0, 0.1) is 5.82 Å². The Balaban J connectivity index is 0.000000611. The minimum atomic E-state index is -1.26. The van der Waals surface area contributed by atoms with Crippen molar-refractivity contribution in [2.45, 2.75) is 25.0 Å². The topological polar surface area (TPSA) is 161 Å². The van der Waals surface area contributed by atoms with Gasteiger partial charge in [0, 0.05) is 45.0 Å². The van der Waals surface area contributed by atoms with Crippen molar-refractivity contribution in [2.75, 3.05) is 46.2 Å². The number of halogens is 2. The van der Waals surface area contributed by atoms with E-state index in [0.29, 0.717) is 53.1 Å². The highest BCUT2D eigenvalue weighted by Crippen LogP contribution is 2.29. The van der Waals surface area contributed by atoms with Gasteiger partial charge in [0.05, 0.1) is 42.1 Å². The molecule has 5 N–H and O–H groups in total. The maximum atomic E-state index is 12.9. The highest BCUT2D eigenvalue weighted by Gasteiger charge is 2.31. The molecule has 1 fully saturated rings. The van der Waals surface area contributed by atoms with E-state index in [1.807, 2.05) is 0 Å². The van der Waals surface area contributed by atoms with Gasteiger partial charge < -0.3 is 40.4 Å². The van der Waals surface area contributed by atoms with E-state index in [1.165, 1.54) is 25.3 Å². The number of nitrogens with zero attached hydrogens (tertiary/aromatic N) is 1. The number of anilines is 1. The van der Waals surface area contributed by atoms with Gasteiger partial charge in [0.25, 0.3) is 5.91 Å². The molecule has 11 nitrogen and oxygen atoms in total. The molecular formula is C27H33ClFN3O8. The van der Waals surface area contributed by atoms with Crippen molar-refractivity contribution in [3.63, 3.8) is 0 Å². The molecule has 1 aliphatic heterocycles. The van der Waals surface area contributed by atoms with Crippen LogP contribution in [0.15, 0.2) is 48.6 Å². The van der Waals surface area contributed by atoms with Crippen molar-refractivity contribution < 1.29 is 43.2 Å². The Bertz CT molecular complexity index is 1160. The Morgan fingerprint density at radius 3 is 2.38 bits per heavy atom. The molecule has 3 rings (SSSR count). The average Bonchev–Trinajstić information content (AvgIpc) is 2.93. The number of benzene rings is 2. The number of rotatable bonds is 11. The number of nitrogens with two attached hydrogens (primary N) is 1. The smallest absolute Gasteiger partial charge is 0.328 e. The lowest BCUT2D eigenvalue weighted by atomic mass is 10.0. The van der Waals surface area contributed by atoms with E-state index < -0.39 is 11.9 Å². The maximum absolute atomic E-state index is 12.9. The Morgan fingerprint density at radius 1 is 1.15 bits per heavy atom. The van der Waals surface area contributed by atoms with Crippen LogP contribution in [0.3, 0.4) is 0 Å². The number of carbonyl (C=O) groups is 3. The molecule has 0 aliphatic carbocycles. The van der Waals surface area contributed by atoms with Crippen LogP contribution < -0.4 is 20.5 Å². The molecule has 2 aromatic carbocycles. The second-order valence-corrected chi connectivity index (χ2v) is 9.09. The van der Waals surface area contributed by atoms with Gasteiger partial charge in [-0.25, -0.2) is 14.0 Å². The van der Waals surface area contributed by atoms with Crippen LogP contribution in [-0.2, 0) is 14.3 Å². The number of carboxylic acid groups (broad SMARTS) is 2. The predicted molar refractivity (Wildman–Crippen MR) is 146 cm³/mol. The molecular weight excluding hydrogens is 549 g/mol. The normalized spacial score (nSPS) is 17.0. The fourth-order valence-electron chi connectivity index (χ4n) is 3.90. The second-order valence-electron chi connectivity index (χ2n) is 8.68. The van der Waals surface area contributed by atoms with Crippen LogP contribution in [0.5, 0.6) is 11.5 Å². The van der Waals surface area contributed by atoms with Gasteiger partial charge in [-0.2, -0.15) is 0 Å². The fraction of sp³-hybridized carbons (Fsp3) is 0.370. The first-order valence-corrected chi connectivity index (χ1v) is 12.6. The third-order valence-corrected chi connectivity index (χ3v) is 6.22. The summed E-state index contributed by atoms with van der Waals surface area (Å²) in [4.78, 5) is 34.3. The molecule has 13 heteroatoms. The highest BCUT2D eigenvalue weighted by molar-refractivity contribution is 6.33. The summed E-state index contributed by atoms with van der Waals surface area (Å²) < 4.78 is 29.5. The van der Waals surface area contributed by atoms with Crippen molar-refractivity contribution >= 4 is 35.1 Å². The molecule has 0 bridgehead atoms. The van der Waals surface area contributed by atoms with Crippen molar-refractivity contribution in [3.8, 4) is 11.5 Å². The minimum Gasteiger partial charge on any atom is -0.496 e. The summed E-state index contributed by atoms with van der Waals surface area (Å²) >= 11 is 6.09. The molecule has 0 radical (unpaired) electrons. The first kappa shape index (κ1) is 32.3. The summed E-state index contributed by atoms with van der Waals surface area (Å²) in [5, 5.41) is 19.0. The molecule has 1 aliphatic rings. The van der Waals surface area contributed by atoms with E-state index in [-0.39, 0.29) is 23.9 Å². The number of hydrogen-bond donors (Lipinski definition) is 4. The zero-order valence-electron chi connectivity index (χ0n) is 22.1. The van der Waals surface area contributed by atoms with Crippen LogP contribution in [-0.4, -0.2) is 85.6 Å². The molecule has 0 saturated carbocycles. The zero-order valence-corrected chi connectivity index (χ0v) is 22.9. The molecule has 1 amide bonds. The number of ether oxygens (including phenoxy) is 3. The zero-order chi connectivity index (χ0) is 29.7.